The van der Waals surface area contributed by atoms with Crippen LogP contribution >= 0.6 is 0 Å². The molecule has 0 atom stereocenters. The third kappa shape index (κ3) is 8.58. The van der Waals surface area contributed by atoms with Gasteiger partial charge in [-0.05, 0) is 108 Å². The maximum Gasteiger partial charge on any atom is 0.159 e. The molecule has 1 aliphatic rings. The van der Waals surface area contributed by atoms with E-state index in [-0.39, 0.29) is 11.6 Å². The summed E-state index contributed by atoms with van der Waals surface area (Å²) in [7, 11) is 0. The van der Waals surface area contributed by atoms with E-state index >= 15 is 0 Å². The van der Waals surface area contributed by atoms with Crippen molar-refractivity contribution < 1.29 is 28.5 Å². The van der Waals surface area contributed by atoms with Gasteiger partial charge >= 0.3 is 0 Å². The summed E-state index contributed by atoms with van der Waals surface area (Å²) in [4.78, 5) is 26.0. The van der Waals surface area contributed by atoms with Gasteiger partial charge in [-0.25, -0.2) is 0 Å². The summed E-state index contributed by atoms with van der Waals surface area (Å²) in [6.45, 7) is 13.9. The van der Waals surface area contributed by atoms with Crippen molar-refractivity contribution in [1.82, 2.24) is 0 Å². The summed E-state index contributed by atoms with van der Waals surface area (Å²) in [6.07, 6.45) is 5.53. The van der Waals surface area contributed by atoms with Crippen LogP contribution in [0.5, 0.6) is 23.0 Å². The van der Waals surface area contributed by atoms with Crippen LogP contribution < -0.4 is 18.9 Å². The topological polar surface area (TPSA) is 71.1 Å². The van der Waals surface area contributed by atoms with Crippen molar-refractivity contribution >= 4 is 11.6 Å². The highest BCUT2D eigenvalue weighted by molar-refractivity contribution is 5.95. The zero-order valence-electron chi connectivity index (χ0n) is 30.7. The van der Waals surface area contributed by atoms with Crippen molar-refractivity contribution in [2.75, 3.05) is 26.4 Å². The molecule has 264 valence electrons. The molecule has 0 spiro atoms. The molecule has 0 fully saturated rings. The van der Waals surface area contributed by atoms with Gasteiger partial charge in [0.2, 0.25) is 0 Å². The number of carbonyl (C=O) groups is 2. The van der Waals surface area contributed by atoms with E-state index in [9.17, 15) is 9.59 Å². The Labute approximate surface area is 298 Å². The van der Waals surface area contributed by atoms with Gasteiger partial charge in [0.25, 0.3) is 0 Å². The molecular formula is C44H52O6. The first-order valence-electron chi connectivity index (χ1n) is 18.3. The monoisotopic (exact) mass is 676 g/mol. The van der Waals surface area contributed by atoms with Gasteiger partial charge in [-0.1, -0.05) is 64.1 Å². The molecule has 0 amide bonds. The van der Waals surface area contributed by atoms with Crippen LogP contribution in [-0.4, -0.2) is 38.0 Å². The summed E-state index contributed by atoms with van der Waals surface area (Å²) >= 11 is 0. The van der Waals surface area contributed by atoms with Crippen LogP contribution in [0.15, 0.2) is 60.7 Å². The molecule has 0 radical (unpaired) electrons. The third-order valence-electron chi connectivity index (χ3n) is 8.98. The molecule has 1 aliphatic carbocycles. The van der Waals surface area contributed by atoms with Gasteiger partial charge < -0.3 is 18.9 Å². The average molecular weight is 677 g/mol. The largest absolute Gasteiger partial charge is 0.493 e. The van der Waals surface area contributed by atoms with Gasteiger partial charge in [0.05, 0.1) is 26.4 Å². The number of carbonyl (C=O) groups excluding carboxylic acids is 2. The van der Waals surface area contributed by atoms with E-state index in [1.54, 1.807) is 13.8 Å². The summed E-state index contributed by atoms with van der Waals surface area (Å²) in [5.74, 6) is 3.30. The molecule has 0 N–H and O–H groups in total. The van der Waals surface area contributed by atoms with Gasteiger partial charge in [-0.15, -0.1) is 0 Å². The summed E-state index contributed by atoms with van der Waals surface area (Å²) in [5.41, 5.74) is 9.19. The lowest BCUT2D eigenvalue weighted by Gasteiger charge is -2.23. The minimum Gasteiger partial charge on any atom is -0.493 e. The second-order valence-electron chi connectivity index (χ2n) is 13.3. The number of Topliss-reactive ketones (excluding diaryl/α,β-unsaturated/α-hetero) is 2. The molecule has 8 bridgehead atoms. The molecule has 0 unspecified atom stereocenters. The van der Waals surface area contributed by atoms with E-state index in [2.05, 4.69) is 64.1 Å². The lowest BCUT2D eigenvalue weighted by molar-refractivity contribution is 0.100. The fourth-order valence-corrected chi connectivity index (χ4v) is 6.65. The summed E-state index contributed by atoms with van der Waals surface area (Å²) < 4.78 is 26.2. The Kier molecular flexibility index (Phi) is 12.8. The van der Waals surface area contributed by atoms with E-state index < -0.39 is 0 Å². The first-order valence-corrected chi connectivity index (χ1v) is 18.3. The number of ketones is 2. The van der Waals surface area contributed by atoms with Gasteiger partial charge in [0, 0.05) is 36.8 Å². The van der Waals surface area contributed by atoms with Crippen LogP contribution in [0.25, 0.3) is 0 Å². The van der Waals surface area contributed by atoms with Gasteiger partial charge in [-0.3, -0.25) is 9.59 Å². The quantitative estimate of drug-likeness (QED) is 0.109. The average Bonchev–Trinajstić information content (AvgIpc) is 3.09. The Hall–Kier alpha value is -4.58. The second kappa shape index (κ2) is 17.4. The summed E-state index contributed by atoms with van der Waals surface area (Å²) in [5, 5.41) is 0. The molecule has 4 aromatic rings. The molecule has 6 heteroatoms. The number of hydrogen-bond acceptors (Lipinski definition) is 6. The SMILES string of the molecule is CCCOc1c2cccc1Cc1cc(C(C)=O)cc(c1OCCC)Cc1cccc(c1OCCC)Cc1cc(C(C)=O)cc(c1OCCC)C2. The highest BCUT2D eigenvalue weighted by Gasteiger charge is 2.24. The Morgan fingerprint density at radius 3 is 0.900 bits per heavy atom. The fraction of sp³-hybridized carbons (Fsp3) is 0.409. The van der Waals surface area contributed by atoms with Crippen molar-refractivity contribution in [2.45, 2.75) is 92.9 Å². The lowest BCUT2D eigenvalue weighted by Crippen LogP contribution is -2.11. The van der Waals surface area contributed by atoms with Crippen LogP contribution in [0.1, 0.15) is 132 Å². The molecule has 0 saturated heterocycles. The highest BCUT2D eigenvalue weighted by atomic mass is 16.5. The molecular weight excluding hydrogens is 624 g/mol. The third-order valence-corrected chi connectivity index (χ3v) is 8.98. The van der Waals surface area contributed by atoms with Crippen molar-refractivity contribution in [1.29, 1.82) is 0 Å². The predicted molar refractivity (Wildman–Crippen MR) is 200 cm³/mol. The van der Waals surface area contributed by atoms with E-state index in [1.165, 1.54) is 0 Å². The fourth-order valence-electron chi connectivity index (χ4n) is 6.65. The second-order valence-corrected chi connectivity index (χ2v) is 13.3. The molecule has 50 heavy (non-hydrogen) atoms. The van der Waals surface area contributed by atoms with Crippen molar-refractivity contribution in [3.05, 3.63) is 116 Å². The van der Waals surface area contributed by atoms with E-state index in [4.69, 9.17) is 18.9 Å². The smallest absolute Gasteiger partial charge is 0.159 e. The number of hydrogen-bond donors (Lipinski definition) is 0. The Bertz CT molecular complexity index is 1600. The number of rotatable bonds is 14. The minimum absolute atomic E-state index is 0.00994. The lowest BCUT2D eigenvalue weighted by atomic mass is 9.89. The molecule has 0 saturated carbocycles. The van der Waals surface area contributed by atoms with E-state index in [0.717, 1.165) is 93.2 Å². The minimum atomic E-state index is 0.00994. The molecule has 6 nitrogen and oxygen atoms in total. The van der Waals surface area contributed by atoms with Crippen LogP contribution in [0, 0.1) is 0 Å². The highest BCUT2D eigenvalue weighted by Crippen LogP contribution is 2.40. The zero-order chi connectivity index (χ0) is 35.6. The standard InChI is InChI=1S/C44H52O6/c1-7-17-47-41-31-13-11-14-32(41)22-38-26-36(30(6)46)28-40(44(38)50-20-10-4)24-34-16-12-15-33(42(34)48-18-8-2)23-39-27-35(29(5)45)25-37(21-31)43(39)49-19-9-3/h11-16,25-28H,7-10,17-24H2,1-6H3. The molecule has 5 rings (SSSR count). The van der Waals surface area contributed by atoms with E-state index in [0.29, 0.717) is 63.2 Å². The maximum absolute atomic E-state index is 13.0. The van der Waals surface area contributed by atoms with Crippen molar-refractivity contribution in [3.63, 3.8) is 0 Å². The van der Waals surface area contributed by atoms with Gasteiger partial charge in [0.15, 0.2) is 11.6 Å². The van der Waals surface area contributed by atoms with Crippen LogP contribution in [0.2, 0.25) is 0 Å². The maximum atomic E-state index is 13.0. The van der Waals surface area contributed by atoms with Crippen LogP contribution in [-0.2, 0) is 25.7 Å². The number of ether oxygens (including phenoxy) is 4. The Balaban J connectivity index is 1.85. The normalized spacial score (nSPS) is 12.3. The molecule has 0 aromatic heterocycles. The van der Waals surface area contributed by atoms with Crippen LogP contribution in [0.4, 0.5) is 0 Å². The first kappa shape index (κ1) is 36.7. The number of fused-ring (bicyclic) bond motifs is 8. The molecule has 4 aromatic carbocycles. The molecule has 0 heterocycles. The first-order chi connectivity index (χ1) is 24.3. The zero-order valence-corrected chi connectivity index (χ0v) is 30.7. The van der Waals surface area contributed by atoms with Crippen molar-refractivity contribution in [3.8, 4) is 23.0 Å². The Morgan fingerprint density at radius 1 is 0.440 bits per heavy atom. The summed E-state index contributed by atoms with van der Waals surface area (Å²) in [6, 6.07) is 20.5. The van der Waals surface area contributed by atoms with Crippen LogP contribution in [0.3, 0.4) is 0 Å². The predicted octanol–water partition coefficient (Wildman–Crippen LogP) is 9.92. The molecule has 0 aliphatic heterocycles. The van der Waals surface area contributed by atoms with Gasteiger partial charge in [-0.2, -0.15) is 0 Å². The Morgan fingerprint density at radius 2 is 0.680 bits per heavy atom. The number of para-hydroxylation sites is 2. The van der Waals surface area contributed by atoms with Crippen molar-refractivity contribution in [2.24, 2.45) is 0 Å². The number of benzene rings is 4. The van der Waals surface area contributed by atoms with E-state index in [1.807, 2.05) is 24.3 Å². The van der Waals surface area contributed by atoms with Gasteiger partial charge in [0.1, 0.15) is 23.0 Å².